The fourth-order valence-corrected chi connectivity index (χ4v) is 9.13. The van der Waals surface area contributed by atoms with Crippen LogP contribution in [0.15, 0.2) is 191 Å². The van der Waals surface area contributed by atoms with Crippen LogP contribution in [0.2, 0.25) is 0 Å². The molecule has 2 heterocycles. The van der Waals surface area contributed by atoms with Crippen molar-refractivity contribution < 1.29 is 8.83 Å². The molecule has 2 nitrogen and oxygen atoms in total. The molecule has 0 saturated heterocycles. The first kappa shape index (κ1) is 29.4. The van der Waals surface area contributed by atoms with Crippen LogP contribution < -0.4 is 0 Å². The van der Waals surface area contributed by atoms with Gasteiger partial charge in [-0.05, 0) is 101 Å². The first-order valence-corrected chi connectivity index (χ1v) is 18.5. The van der Waals surface area contributed by atoms with Gasteiger partial charge in [-0.2, -0.15) is 0 Å². The number of furan rings is 2. The van der Waals surface area contributed by atoms with Gasteiger partial charge >= 0.3 is 0 Å². The van der Waals surface area contributed by atoms with Gasteiger partial charge in [-0.25, -0.2) is 0 Å². The molecular weight excluding hydrogens is 657 g/mol. The summed E-state index contributed by atoms with van der Waals surface area (Å²) in [7, 11) is 0. The van der Waals surface area contributed by atoms with Crippen molar-refractivity contribution in [3.63, 3.8) is 0 Å². The zero-order valence-electron chi connectivity index (χ0n) is 29.1. The van der Waals surface area contributed by atoms with Gasteiger partial charge in [0, 0.05) is 26.9 Å². The maximum atomic E-state index is 6.72. The first-order valence-electron chi connectivity index (χ1n) is 18.5. The third-order valence-electron chi connectivity index (χ3n) is 11.5. The SMILES string of the molecule is c1ccc(-c2ccc(-c3c4ccccc4c(-c4ccc5c(c4)oc4ccc6ccc7c8ccccc8oc7c6c45)c4ccccc34)c3ccccc23)cc1. The Balaban J connectivity index is 1.12. The summed E-state index contributed by atoms with van der Waals surface area (Å²) >= 11 is 0. The largest absolute Gasteiger partial charge is 0.456 e. The Labute approximate surface area is 310 Å². The second kappa shape index (κ2) is 11.2. The second-order valence-electron chi connectivity index (χ2n) is 14.3. The molecular formula is C52H30O2. The van der Waals surface area contributed by atoms with Crippen LogP contribution >= 0.6 is 0 Å². The summed E-state index contributed by atoms with van der Waals surface area (Å²) in [4.78, 5) is 0. The molecule has 0 amide bonds. The molecule has 0 aliphatic rings. The van der Waals surface area contributed by atoms with Crippen LogP contribution in [-0.2, 0) is 0 Å². The van der Waals surface area contributed by atoms with Gasteiger partial charge in [-0.1, -0.05) is 152 Å². The maximum Gasteiger partial charge on any atom is 0.144 e. The number of hydrogen-bond acceptors (Lipinski definition) is 2. The predicted octanol–water partition coefficient (Wildman–Crippen LogP) is 15.1. The molecule has 2 heteroatoms. The van der Waals surface area contributed by atoms with E-state index in [9.17, 15) is 0 Å². The zero-order valence-corrected chi connectivity index (χ0v) is 29.1. The van der Waals surface area contributed by atoms with Crippen LogP contribution in [0.4, 0.5) is 0 Å². The molecule has 10 aromatic carbocycles. The maximum absolute atomic E-state index is 6.72. The molecule has 0 aliphatic heterocycles. The second-order valence-corrected chi connectivity index (χ2v) is 14.3. The average Bonchev–Trinajstić information content (AvgIpc) is 3.81. The van der Waals surface area contributed by atoms with Gasteiger partial charge in [-0.15, -0.1) is 0 Å². The van der Waals surface area contributed by atoms with E-state index in [4.69, 9.17) is 8.83 Å². The van der Waals surface area contributed by atoms with Crippen molar-refractivity contribution >= 4 is 87.0 Å². The van der Waals surface area contributed by atoms with Crippen LogP contribution in [-0.4, -0.2) is 0 Å². The summed E-state index contributed by atoms with van der Waals surface area (Å²) in [6.45, 7) is 0. The monoisotopic (exact) mass is 686 g/mol. The Morgan fingerprint density at radius 2 is 0.852 bits per heavy atom. The molecule has 54 heavy (non-hydrogen) atoms. The van der Waals surface area contributed by atoms with Crippen molar-refractivity contribution in [2.24, 2.45) is 0 Å². The lowest BCUT2D eigenvalue weighted by atomic mass is 9.83. The van der Waals surface area contributed by atoms with E-state index in [1.165, 1.54) is 60.1 Å². The van der Waals surface area contributed by atoms with Gasteiger partial charge in [0.15, 0.2) is 0 Å². The number of rotatable bonds is 3. The summed E-state index contributed by atoms with van der Waals surface area (Å²) in [6, 6.07) is 65.5. The molecule has 2 aromatic heterocycles. The van der Waals surface area contributed by atoms with E-state index in [-0.39, 0.29) is 0 Å². The molecule has 0 saturated carbocycles. The van der Waals surface area contributed by atoms with Gasteiger partial charge in [0.1, 0.15) is 22.3 Å². The summed E-state index contributed by atoms with van der Waals surface area (Å²) in [5.74, 6) is 0. The van der Waals surface area contributed by atoms with Crippen molar-refractivity contribution in [2.45, 2.75) is 0 Å². The Hall–Kier alpha value is -7.16. The summed E-state index contributed by atoms with van der Waals surface area (Å²) in [6.07, 6.45) is 0. The highest BCUT2D eigenvalue weighted by atomic mass is 16.3. The summed E-state index contributed by atoms with van der Waals surface area (Å²) in [5.41, 5.74) is 10.8. The predicted molar refractivity (Wildman–Crippen MR) is 227 cm³/mol. The smallest absolute Gasteiger partial charge is 0.144 e. The van der Waals surface area contributed by atoms with Crippen molar-refractivity contribution in [3.8, 4) is 33.4 Å². The van der Waals surface area contributed by atoms with E-state index in [0.717, 1.165) is 60.2 Å². The fourth-order valence-electron chi connectivity index (χ4n) is 9.13. The minimum atomic E-state index is 0.860. The highest BCUT2D eigenvalue weighted by Crippen LogP contribution is 2.48. The molecule has 12 rings (SSSR count). The first-order chi connectivity index (χ1) is 26.8. The van der Waals surface area contributed by atoms with Gasteiger partial charge in [0.2, 0.25) is 0 Å². The molecule has 12 aromatic rings. The van der Waals surface area contributed by atoms with Crippen LogP contribution in [0.5, 0.6) is 0 Å². The molecule has 0 N–H and O–H groups in total. The number of benzene rings is 10. The topological polar surface area (TPSA) is 26.3 Å². The zero-order chi connectivity index (χ0) is 35.3. The van der Waals surface area contributed by atoms with Crippen molar-refractivity contribution in [1.82, 2.24) is 0 Å². The highest BCUT2D eigenvalue weighted by molar-refractivity contribution is 6.29. The molecule has 0 fully saturated rings. The quantitative estimate of drug-likeness (QED) is 0.173. The van der Waals surface area contributed by atoms with Crippen molar-refractivity contribution in [2.75, 3.05) is 0 Å². The minimum Gasteiger partial charge on any atom is -0.456 e. The lowest BCUT2D eigenvalue weighted by Gasteiger charge is -2.19. The molecule has 0 atom stereocenters. The van der Waals surface area contributed by atoms with Crippen LogP contribution in [0, 0.1) is 0 Å². The minimum absolute atomic E-state index is 0.860. The van der Waals surface area contributed by atoms with Gasteiger partial charge < -0.3 is 8.83 Å². The summed E-state index contributed by atoms with van der Waals surface area (Å²) < 4.78 is 13.3. The van der Waals surface area contributed by atoms with E-state index in [0.29, 0.717) is 0 Å². The van der Waals surface area contributed by atoms with E-state index >= 15 is 0 Å². The number of fused-ring (bicyclic) bond motifs is 12. The fraction of sp³-hybridized carbons (Fsp3) is 0. The Morgan fingerprint density at radius 1 is 0.278 bits per heavy atom. The molecule has 0 unspecified atom stereocenters. The standard InChI is InChI=1S/C52H30O2/c1-2-12-31(13-3-1)34-27-28-42(36-15-5-4-14-35(34)36)50-40-19-8-6-17-38(40)48(39-18-7-9-20-41(39)50)33-23-26-44-47(30-33)53-46-29-24-32-22-25-43-37-16-10-11-21-45(37)54-52(43)49(32)51(44)46/h1-30H. The summed E-state index contributed by atoms with van der Waals surface area (Å²) in [5, 5.41) is 14.0. The Kier molecular flexibility index (Phi) is 6.09. The third kappa shape index (κ3) is 4.11. The van der Waals surface area contributed by atoms with Crippen LogP contribution in [0.3, 0.4) is 0 Å². The van der Waals surface area contributed by atoms with Gasteiger partial charge in [0.05, 0.1) is 0 Å². The van der Waals surface area contributed by atoms with E-state index in [2.05, 4.69) is 170 Å². The molecule has 0 aliphatic carbocycles. The van der Waals surface area contributed by atoms with Crippen LogP contribution in [0.1, 0.15) is 0 Å². The van der Waals surface area contributed by atoms with Crippen LogP contribution in [0.25, 0.3) is 120 Å². The van der Waals surface area contributed by atoms with E-state index in [1.807, 2.05) is 12.1 Å². The molecule has 0 spiro atoms. The van der Waals surface area contributed by atoms with Gasteiger partial charge in [0.25, 0.3) is 0 Å². The van der Waals surface area contributed by atoms with Gasteiger partial charge in [-0.3, -0.25) is 0 Å². The Morgan fingerprint density at radius 3 is 1.59 bits per heavy atom. The number of hydrogen-bond donors (Lipinski definition) is 0. The molecule has 0 bridgehead atoms. The Bertz CT molecular complexity index is 3430. The number of para-hydroxylation sites is 1. The lowest BCUT2D eigenvalue weighted by molar-refractivity contribution is 0.668. The third-order valence-corrected chi connectivity index (χ3v) is 11.5. The normalized spacial score (nSPS) is 12.1. The molecule has 250 valence electrons. The van der Waals surface area contributed by atoms with Crippen molar-refractivity contribution in [3.05, 3.63) is 182 Å². The molecule has 0 radical (unpaired) electrons. The highest BCUT2D eigenvalue weighted by Gasteiger charge is 2.21. The van der Waals surface area contributed by atoms with E-state index in [1.54, 1.807) is 0 Å². The average molecular weight is 687 g/mol. The van der Waals surface area contributed by atoms with Crippen molar-refractivity contribution in [1.29, 1.82) is 0 Å². The lowest BCUT2D eigenvalue weighted by Crippen LogP contribution is -1.92. The van der Waals surface area contributed by atoms with E-state index < -0.39 is 0 Å².